The van der Waals surface area contributed by atoms with Crippen LogP contribution in [0, 0.1) is 0 Å². The molecule has 1 unspecified atom stereocenters. The van der Waals surface area contributed by atoms with Crippen molar-refractivity contribution in [1.82, 2.24) is 15.1 Å². The first kappa shape index (κ1) is 14.8. The smallest absolute Gasteiger partial charge is 0.0568 e. The summed E-state index contributed by atoms with van der Waals surface area (Å²) in [4.78, 5) is 0. The van der Waals surface area contributed by atoms with Crippen molar-refractivity contribution < 1.29 is 0 Å². The second kappa shape index (κ2) is 7.25. The molecule has 2 rings (SSSR count). The van der Waals surface area contributed by atoms with Crippen LogP contribution in [0.1, 0.15) is 45.2 Å². The van der Waals surface area contributed by atoms with Crippen LogP contribution in [0.5, 0.6) is 0 Å². The minimum atomic E-state index is 0.461. The Hall–Kier alpha value is -1.61. The number of hydrogen-bond acceptors (Lipinski definition) is 2. The molecule has 0 saturated carbocycles. The van der Waals surface area contributed by atoms with Gasteiger partial charge >= 0.3 is 0 Å². The van der Waals surface area contributed by atoms with Gasteiger partial charge in [0.05, 0.1) is 6.20 Å². The zero-order valence-electron chi connectivity index (χ0n) is 12.8. The van der Waals surface area contributed by atoms with Crippen molar-refractivity contribution in [3.05, 3.63) is 42.2 Å². The Labute approximate surface area is 122 Å². The molecule has 0 aliphatic heterocycles. The van der Waals surface area contributed by atoms with Gasteiger partial charge in [-0.05, 0) is 37.4 Å². The largest absolute Gasteiger partial charge is 0.310 e. The Balaban J connectivity index is 2.12. The van der Waals surface area contributed by atoms with Crippen molar-refractivity contribution >= 4 is 0 Å². The van der Waals surface area contributed by atoms with Crippen LogP contribution < -0.4 is 5.32 Å². The van der Waals surface area contributed by atoms with Crippen LogP contribution in [0.25, 0.3) is 11.1 Å². The molecule has 3 nitrogen and oxygen atoms in total. The molecule has 0 radical (unpaired) electrons. The number of aromatic nitrogens is 2. The Morgan fingerprint density at radius 2 is 1.85 bits per heavy atom. The van der Waals surface area contributed by atoms with Gasteiger partial charge in [-0.25, -0.2) is 0 Å². The van der Waals surface area contributed by atoms with Crippen molar-refractivity contribution in [2.24, 2.45) is 0 Å². The van der Waals surface area contributed by atoms with Gasteiger partial charge in [0.15, 0.2) is 0 Å². The number of aryl methyl sites for hydroxylation is 1. The Bertz CT molecular complexity index is 513. The molecule has 1 aromatic heterocycles. The predicted molar refractivity (Wildman–Crippen MR) is 84.7 cm³/mol. The average Bonchev–Trinajstić information content (AvgIpc) is 2.97. The van der Waals surface area contributed by atoms with Crippen LogP contribution in [-0.2, 0) is 6.54 Å². The molecule has 1 atom stereocenters. The van der Waals surface area contributed by atoms with Gasteiger partial charge in [0.2, 0.25) is 0 Å². The standard InChI is InChI=1S/C17H25N3/c1-4-11-18-17(5-2)15-9-7-14(8-10-15)16-12-19-20(6-3)13-16/h7-10,12-13,17-18H,4-6,11H2,1-3H3. The molecule has 0 amide bonds. The average molecular weight is 271 g/mol. The third-order valence-electron chi connectivity index (χ3n) is 3.65. The molecule has 20 heavy (non-hydrogen) atoms. The molecular formula is C17H25N3. The fourth-order valence-corrected chi connectivity index (χ4v) is 2.41. The van der Waals surface area contributed by atoms with Crippen molar-refractivity contribution in [2.45, 2.75) is 46.2 Å². The van der Waals surface area contributed by atoms with E-state index in [-0.39, 0.29) is 0 Å². The summed E-state index contributed by atoms with van der Waals surface area (Å²) < 4.78 is 1.96. The van der Waals surface area contributed by atoms with Crippen LogP contribution in [-0.4, -0.2) is 16.3 Å². The van der Waals surface area contributed by atoms with E-state index in [1.54, 1.807) is 0 Å². The summed E-state index contributed by atoms with van der Waals surface area (Å²) in [5.41, 5.74) is 3.79. The third-order valence-corrected chi connectivity index (χ3v) is 3.65. The molecular weight excluding hydrogens is 246 g/mol. The second-order valence-corrected chi connectivity index (χ2v) is 5.12. The molecule has 108 valence electrons. The van der Waals surface area contributed by atoms with Crippen molar-refractivity contribution in [3.8, 4) is 11.1 Å². The van der Waals surface area contributed by atoms with Gasteiger partial charge in [0, 0.05) is 24.3 Å². The van der Waals surface area contributed by atoms with Gasteiger partial charge in [-0.15, -0.1) is 0 Å². The van der Waals surface area contributed by atoms with Gasteiger partial charge in [-0.2, -0.15) is 5.10 Å². The highest BCUT2D eigenvalue weighted by molar-refractivity contribution is 5.62. The number of benzene rings is 1. The first-order chi connectivity index (χ1) is 9.78. The molecule has 3 heteroatoms. The second-order valence-electron chi connectivity index (χ2n) is 5.12. The molecule has 2 aromatic rings. The Morgan fingerprint density at radius 3 is 2.40 bits per heavy atom. The normalized spacial score (nSPS) is 12.6. The third kappa shape index (κ3) is 3.48. The fraction of sp³-hybridized carbons (Fsp3) is 0.471. The van der Waals surface area contributed by atoms with E-state index in [1.165, 1.54) is 23.1 Å². The fourth-order valence-electron chi connectivity index (χ4n) is 2.41. The lowest BCUT2D eigenvalue weighted by Gasteiger charge is -2.17. The summed E-state index contributed by atoms with van der Waals surface area (Å²) in [5, 5.41) is 7.92. The molecule has 1 aromatic carbocycles. The number of nitrogens with one attached hydrogen (secondary N) is 1. The molecule has 1 heterocycles. The highest BCUT2D eigenvalue weighted by Gasteiger charge is 2.08. The van der Waals surface area contributed by atoms with Crippen LogP contribution in [0.3, 0.4) is 0 Å². The summed E-state index contributed by atoms with van der Waals surface area (Å²) in [7, 11) is 0. The molecule has 0 aliphatic carbocycles. The van der Waals surface area contributed by atoms with E-state index in [4.69, 9.17) is 0 Å². The molecule has 0 fully saturated rings. The van der Waals surface area contributed by atoms with Crippen LogP contribution in [0.4, 0.5) is 0 Å². The zero-order chi connectivity index (χ0) is 14.4. The van der Waals surface area contributed by atoms with Gasteiger partial charge in [0.1, 0.15) is 0 Å². The van der Waals surface area contributed by atoms with Crippen molar-refractivity contribution in [3.63, 3.8) is 0 Å². The van der Waals surface area contributed by atoms with E-state index >= 15 is 0 Å². The predicted octanol–water partition coefficient (Wildman–Crippen LogP) is 4.02. The van der Waals surface area contributed by atoms with E-state index in [0.29, 0.717) is 6.04 Å². The number of hydrogen-bond donors (Lipinski definition) is 1. The highest BCUT2D eigenvalue weighted by Crippen LogP contribution is 2.23. The molecule has 0 spiro atoms. The van der Waals surface area contributed by atoms with Crippen molar-refractivity contribution in [1.29, 1.82) is 0 Å². The minimum Gasteiger partial charge on any atom is -0.310 e. The van der Waals surface area contributed by atoms with Crippen molar-refractivity contribution in [2.75, 3.05) is 6.54 Å². The molecule has 0 bridgehead atoms. The van der Waals surface area contributed by atoms with Crippen LogP contribution in [0.15, 0.2) is 36.7 Å². The SMILES string of the molecule is CCCNC(CC)c1ccc(-c2cnn(CC)c2)cc1. The molecule has 1 N–H and O–H groups in total. The zero-order valence-corrected chi connectivity index (χ0v) is 12.8. The maximum absolute atomic E-state index is 4.33. The first-order valence-electron chi connectivity index (χ1n) is 7.64. The maximum atomic E-state index is 4.33. The summed E-state index contributed by atoms with van der Waals surface area (Å²) in [6.07, 6.45) is 6.32. The van der Waals surface area contributed by atoms with E-state index < -0.39 is 0 Å². The number of nitrogens with zero attached hydrogens (tertiary/aromatic N) is 2. The van der Waals surface area contributed by atoms with Crippen LogP contribution >= 0.6 is 0 Å². The summed E-state index contributed by atoms with van der Waals surface area (Å²) in [6, 6.07) is 9.32. The molecule has 0 saturated heterocycles. The van der Waals surface area contributed by atoms with Crippen LogP contribution in [0.2, 0.25) is 0 Å². The quantitative estimate of drug-likeness (QED) is 0.824. The van der Waals surface area contributed by atoms with E-state index in [1.807, 2.05) is 10.9 Å². The summed E-state index contributed by atoms with van der Waals surface area (Å²) in [5.74, 6) is 0. The van der Waals surface area contributed by atoms with Gasteiger partial charge < -0.3 is 5.32 Å². The maximum Gasteiger partial charge on any atom is 0.0568 e. The topological polar surface area (TPSA) is 29.9 Å². The lowest BCUT2D eigenvalue weighted by Crippen LogP contribution is -2.21. The van der Waals surface area contributed by atoms with E-state index in [9.17, 15) is 0 Å². The number of rotatable bonds is 7. The minimum absolute atomic E-state index is 0.461. The first-order valence-corrected chi connectivity index (χ1v) is 7.64. The monoisotopic (exact) mass is 271 g/mol. The highest BCUT2D eigenvalue weighted by atomic mass is 15.3. The lowest BCUT2D eigenvalue weighted by atomic mass is 10.0. The van der Waals surface area contributed by atoms with Gasteiger partial charge in [-0.1, -0.05) is 38.1 Å². The Morgan fingerprint density at radius 1 is 1.10 bits per heavy atom. The van der Waals surface area contributed by atoms with E-state index in [2.05, 4.69) is 61.6 Å². The molecule has 0 aliphatic rings. The lowest BCUT2D eigenvalue weighted by molar-refractivity contribution is 0.518. The van der Waals surface area contributed by atoms with E-state index in [0.717, 1.165) is 19.5 Å². The summed E-state index contributed by atoms with van der Waals surface area (Å²) in [6.45, 7) is 8.52. The van der Waals surface area contributed by atoms with Gasteiger partial charge in [-0.3, -0.25) is 4.68 Å². The summed E-state index contributed by atoms with van der Waals surface area (Å²) >= 11 is 0. The Kier molecular flexibility index (Phi) is 5.36. The van der Waals surface area contributed by atoms with Gasteiger partial charge in [0.25, 0.3) is 0 Å².